The van der Waals surface area contributed by atoms with Crippen LogP contribution in [0.25, 0.3) is 10.6 Å². The molecule has 0 radical (unpaired) electrons. The molecule has 0 aliphatic heterocycles. The first-order valence-electron chi connectivity index (χ1n) is 7.53. The maximum absolute atomic E-state index is 12.4. The van der Waals surface area contributed by atoms with Crippen LogP contribution in [0.1, 0.15) is 18.5 Å². The number of amides is 1. The van der Waals surface area contributed by atoms with Crippen LogP contribution in [0, 0.1) is 11.3 Å². The molecular formula is C18H14N4O2S. The zero-order valence-corrected chi connectivity index (χ0v) is 14.2. The highest BCUT2D eigenvalue weighted by atomic mass is 32.1. The molecule has 1 unspecified atom stereocenters. The molecule has 0 aliphatic rings. The molecule has 6 nitrogen and oxygen atoms in total. The van der Waals surface area contributed by atoms with Crippen LogP contribution in [0.3, 0.4) is 0 Å². The highest BCUT2D eigenvalue weighted by molar-refractivity contribution is 7.13. The Hall–Kier alpha value is -3.24. The molecule has 2 heterocycles. The summed E-state index contributed by atoms with van der Waals surface area (Å²) >= 11 is 1.51. The average Bonchev–Trinajstić information content (AvgIpc) is 3.17. The van der Waals surface area contributed by atoms with Gasteiger partial charge in [0.15, 0.2) is 0 Å². The molecule has 1 N–H and O–H groups in total. The SMILES string of the molecule is CC(C(=O)Nc1ccc(C#N)cc1)n1nc(-c2cccs2)ccc1=O. The van der Waals surface area contributed by atoms with Crippen LogP contribution < -0.4 is 10.9 Å². The molecule has 0 fully saturated rings. The number of nitrogens with one attached hydrogen (secondary N) is 1. The van der Waals surface area contributed by atoms with Gasteiger partial charge in [-0.3, -0.25) is 9.59 Å². The van der Waals surface area contributed by atoms with Gasteiger partial charge in [-0.2, -0.15) is 10.4 Å². The zero-order chi connectivity index (χ0) is 17.8. The summed E-state index contributed by atoms with van der Waals surface area (Å²) in [4.78, 5) is 25.5. The maximum atomic E-state index is 12.4. The van der Waals surface area contributed by atoms with Crippen LogP contribution in [0.2, 0.25) is 0 Å². The van der Waals surface area contributed by atoms with Crippen molar-refractivity contribution in [1.82, 2.24) is 9.78 Å². The quantitative estimate of drug-likeness (QED) is 0.783. The van der Waals surface area contributed by atoms with Gasteiger partial charge in [0.25, 0.3) is 5.56 Å². The number of carbonyl (C=O) groups excluding carboxylic acids is 1. The van der Waals surface area contributed by atoms with Crippen molar-refractivity contribution in [1.29, 1.82) is 5.26 Å². The summed E-state index contributed by atoms with van der Waals surface area (Å²) in [5, 5.41) is 17.8. The topological polar surface area (TPSA) is 87.8 Å². The van der Waals surface area contributed by atoms with Gasteiger partial charge >= 0.3 is 0 Å². The predicted molar refractivity (Wildman–Crippen MR) is 96.3 cm³/mol. The monoisotopic (exact) mass is 350 g/mol. The molecular weight excluding hydrogens is 336 g/mol. The van der Waals surface area contributed by atoms with E-state index in [0.29, 0.717) is 16.9 Å². The molecule has 1 atom stereocenters. The number of hydrogen-bond acceptors (Lipinski definition) is 5. The van der Waals surface area contributed by atoms with Crippen molar-refractivity contribution >= 4 is 22.9 Å². The molecule has 25 heavy (non-hydrogen) atoms. The van der Waals surface area contributed by atoms with Crippen LogP contribution >= 0.6 is 11.3 Å². The van der Waals surface area contributed by atoms with Gasteiger partial charge in [0.2, 0.25) is 5.91 Å². The minimum Gasteiger partial charge on any atom is -0.324 e. The molecule has 124 valence electrons. The Morgan fingerprint density at radius 1 is 1.24 bits per heavy atom. The van der Waals surface area contributed by atoms with E-state index in [2.05, 4.69) is 10.4 Å². The van der Waals surface area contributed by atoms with Gasteiger partial charge in [-0.05, 0) is 48.7 Å². The summed E-state index contributed by atoms with van der Waals surface area (Å²) in [5.41, 5.74) is 1.36. The minimum atomic E-state index is -0.775. The second kappa shape index (κ2) is 7.11. The van der Waals surface area contributed by atoms with Crippen molar-refractivity contribution in [3.8, 4) is 16.6 Å². The third-order valence-electron chi connectivity index (χ3n) is 3.63. The van der Waals surface area contributed by atoms with E-state index in [1.807, 2.05) is 23.6 Å². The summed E-state index contributed by atoms with van der Waals surface area (Å²) in [6, 6.07) is 14.6. The van der Waals surface area contributed by atoms with E-state index in [1.54, 1.807) is 37.3 Å². The van der Waals surface area contributed by atoms with Crippen LogP contribution in [0.15, 0.2) is 58.7 Å². The second-order valence-electron chi connectivity index (χ2n) is 5.33. The van der Waals surface area contributed by atoms with Crippen LogP contribution in [-0.2, 0) is 4.79 Å². The van der Waals surface area contributed by atoms with Gasteiger partial charge < -0.3 is 5.32 Å². The summed E-state index contributed by atoms with van der Waals surface area (Å²) in [6.07, 6.45) is 0. The van der Waals surface area contributed by atoms with Crippen LogP contribution in [-0.4, -0.2) is 15.7 Å². The number of anilines is 1. The van der Waals surface area contributed by atoms with Crippen molar-refractivity contribution in [3.63, 3.8) is 0 Å². The third kappa shape index (κ3) is 3.65. The smallest absolute Gasteiger partial charge is 0.267 e. The first-order valence-corrected chi connectivity index (χ1v) is 8.41. The van der Waals surface area contributed by atoms with Gasteiger partial charge in [0, 0.05) is 11.8 Å². The van der Waals surface area contributed by atoms with E-state index in [1.165, 1.54) is 22.1 Å². The van der Waals surface area contributed by atoms with Gasteiger partial charge in [0.05, 0.1) is 16.5 Å². The standard InChI is InChI=1S/C18H14N4O2S/c1-12(18(24)20-14-6-4-13(11-19)5-7-14)22-17(23)9-8-15(21-22)16-3-2-10-25-16/h2-10,12H,1H3,(H,20,24). The van der Waals surface area contributed by atoms with E-state index in [-0.39, 0.29) is 11.5 Å². The van der Waals surface area contributed by atoms with Gasteiger partial charge in [-0.1, -0.05) is 6.07 Å². The summed E-state index contributed by atoms with van der Waals surface area (Å²) in [7, 11) is 0. The first-order chi connectivity index (χ1) is 12.1. The van der Waals surface area contributed by atoms with Crippen molar-refractivity contribution in [2.75, 3.05) is 5.32 Å². The van der Waals surface area contributed by atoms with Gasteiger partial charge in [0.1, 0.15) is 11.7 Å². The average molecular weight is 350 g/mol. The van der Waals surface area contributed by atoms with Crippen LogP contribution in [0.4, 0.5) is 5.69 Å². The van der Waals surface area contributed by atoms with E-state index in [4.69, 9.17) is 5.26 Å². The molecule has 3 aromatic rings. The molecule has 0 bridgehead atoms. The molecule has 7 heteroatoms. The lowest BCUT2D eigenvalue weighted by Gasteiger charge is -2.14. The number of hydrogen-bond donors (Lipinski definition) is 1. The van der Waals surface area contributed by atoms with Gasteiger partial charge in [-0.25, -0.2) is 4.68 Å². The Kier molecular flexibility index (Phi) is 4.73. The number of nitriles is 1. The van der Waals surface area contributed by atoms with Crippen molar-refractivity contribution in [2.45, 2.75) is 13.0 Å². The van der Waals surface area contributed by atoms with E-state index < -0.39 is 6.04 Å². The summed E-state index contributed by atoms with van der Waals surface area (Å²) in [6.45, 7) is 1.62. The van der Waals surface area contributed by atoms with E-state index in [0.717, 1.165) is 4.88 Å². The first kappa shape index (κ1) is 16.6. The minimum absolute atomic E-state index is 0.345. The number of aromatic nitrogens is 2. The van der Waals surface area contributed by atoms with Crippen molar-refractivity contribution < 1.29 is 4.79 Å². The predicted octanol–water partition coefficient (Wildman–Crippen LogP) is 3.04. The lowest BCUT2D eigenvalue weighted by atomic mass is 10.2. The summed E-state index contributed by atoms with van der Waals surface area (Å²) in [5.74, 6) is -0.359. The lowest BCUT2D eigenvalue weighted by Crippen LogP contribution is -2.33. The van der Waals surface area contributed by atoms with Crippen molar-refractivity contribution in [3.05, 3.63) is 69.8 Å². The van der Waals surface area contributed by atoms with Gasteiger partial charge in [-0.15, -0.1) is 11.3 Å². The Morgan fingerprint density at radius 3 is 2.64 bits per heavy atom. The Bertz CT molecular complexity index is 985. The second-order valence-corrected chi connectivity index (χ2v) is 6.28. The fourth-order valence-corrected chi connectivity index (χ4v) is 2.93. The molecule has 1 aromatic carbocycles. The van der Waals surface area contributed by atoms with E-state index in [9.17, 15) is 9.59 Å². The third-order valence-corrected chi connectivity index (χ3v) is 4.52. The number of carbonyl (C=O) groups is 1. The fraction of sp³-hybridized carbons (Fsp3) is 0.111. The number of benzene rings is 1. The summed E-state index contributed by atoms with van der Waals surface area (Å²) < 4.78 is 1.17. The largest absolute Gasteiger partial charge is 0.324 e. The van der Waals surface area contributed by atoms with Crippen molar-refractivity contribution in [2.24, 2.45) is 0 Å². The normalized spacial score (nSPS) is 11.5. The molecule has 1 amide bonds. The van der Waals surface area contributed by atoms with Crippen LogP contribution in [0.5, 0.6) is 0 Å². The number of rotatable bonds is 4. The maximum Gasteiger partial charge on any atom is 0.267 e. The molecule has 0 aliphatic carbocycles. The molecule has 0 spiro atoms. The Labute approximate surface area is 148 Å². The number of thiophene rings is 1. The fourth-order valence-electron chi connectivity index (χ4n) is 2.24. The number of nitrogens with zero attached hydrogens (tertiary/aromatic N) is 3. The Balaban J connectivity index is 1.83. The highest BCUT2D eigenvalue weighted by Gasteiger charge is 2.18. The molecule has 3 rings (SSSR count). The molecule has 0 saturated heterocycles. The Morgan fingerprint density at radius 2 is 2.00 bits per heavy atom. The molecule has 2 aromatic heterocycles. The zero-order valence-electron chi connectivity index (χ0n) is 13.3. The lowest BCUT2D eigenvalue weighted by molar-refractivity contribution is -0.119. The highest BCUT2D eigenvalue weighted by Crippen LogP contribution is 2.21. The van der Waals surface area contributed by atoms with E-state index >= 15 is 0 Å². The molecule has 0 saturated carbocycles.